The van der Waals surface area contributed by atoms with Crippen LogP contribution >= 0.6 is 0 Å². The smallest absolute Gasteiger partial charge is 0.370 e. The Balaban J connectivity index is 2.66. The molecular formula is C11H15F3N4O2. The number of alkyl halides is 3. The highest BCUT2D eigenvalue weighted by Gasteiger charge is 2.25. The summed E-state index contributed by atoms with van der Waals surface area (Å²) in [5.74, 6) is 0.484. The minimum absolute atomic E-state index is 0.0409. The van der Waals surface area contributed by atoms with Gasteiger partial charge >= 0.3 is 6.18 Å². The topological polar surface area (TPSA) is 80.1 Å². The molecule has 1 rings (SSSR count). The van der Waals surface area contributed by atoms with Gasteiger partial charge in [0.25, 0.3) is 5.69 Å². The van der Waals surface area contributed by atoms with Crippen LogP contribution in [-0.4, -0.2) is 29.2 Å². The fraction of sp³-hybridized carbons (Fsp3) is 0.545. The molecule has 112 valence electrons. The predicted octanol–water partition coefficient (Wildman–Crippen LogP) is 3.18. The molecule has 0 aliphatic heterocycles. The van der Waals surface area contributed by atoms with E-state index in [0.29, 0.717) is 12.4 Å². The largest absolute Gasteiger partial charge is 0.389 e. The third-order valence-electron chi connectivity index (χ3n) is 2.32. The number of pyridine rings is 1. The Bertz CT molecular complexity index is 465. The van der Waals surface area contributed by atoms with Crippen molar-refractivity contribution in [2.45, 2.75) is 25.9 Å². The van der Waals surface area contributed by atoms with E-state index >= 15 is 0 Å². The lowest BCUT2D eigenvalue weighted by molar-refractivity contribution is -0.384. The second-order valence-electron chi connectivity index (χ2n) is 4.03. The number of nitro groups is 1. The van der Waals surface area contributed by atoms with Gasteiger partial charge in [-0.25, -0.2) is 4.98 Å². The molecule has 0 saturated heterocycles. The molecule has 0 unspecified atom stereocenters. The summed E-state index contributed by atoms with van der Waals surface area (Å²) in [6, 6.07) is 2.46. The molecule has 0 radical (unpaired) electrons. The molecule has 0 amide bonds. The Morgan fingerprint density at radius 2 is 1.90 bits per heavy atom. The number of aromatic nitrogens is 1. The lowest BCUT2D eigenvalue weighted by atomic mass is 10.3. The third kappa shape index (κ3) is 5.72. The third-order valence-corrected chi connectivity index (χ3v) is 2.32. The zero-order valence-electron chi connectivity index (χ0n) is 10.8. The molecule has 0 atom stereocenters. The maximum atomic E-state index is 12.0. The van der Waals surface area contributed by atoms with Crippen LogP contribution in [0.15, 0.2) is 12.1 Å². The lowest BCUT2D eigenvalue weighted by Gasteiger charge is -2.09. The molecule has 0 aromatic carbocycles. The van der Waals surface area contributed by atoms with Gasteiger partial charge in [0.2, 0.25) is 0 Å². The molecule has 0 fully saturated rings. The highest BCUT2D eigenvalue weighted by molar-refractivity contribution is 5.54. The molecule has 0 spiro atoms. The number of rotatable bonds is 7. The van der Waals surface area contributed by atoms with Gasteiger partial charge in [-0.05, 0) is 13.3 Å². The van der Waals surface area contributed by atoms with Crippen LogP contribution in [0.3, 0.4) is 0 Å². The van der Waals surface area contributed by atoms with Crippen molar-refractivity contribution in [3.05, 3.63) is 22.2 Å². The SMILES string of the molecule is CCNc1cc([N+](=O)[O-])cc(NCCCC(F)(F)F)n1. The molecule has 0 aliphatic carbocycles. The summed E-state index contributed by atoms with van der Waals surface area (Å²) in [7, 11) is 0. The number of nitrogens with one attached hydrogen (secondary N) is 2. The minimum atomic E-state index is -4.20. The van der Waals surface area contributed by atoms with Gasteiger partial charge in [-0.3, -0.25) is 10.1 Å². The standard InChI is InChI=1S/C11H15F3N4O2/c1-2-15-9-6-8(18(19)20)7-10(17-9)16-5-3-4-11(12,13)14/h6-7H,2-5H2,1H3,(H2,15,16,17). The first-order valence-corrected chi connectivity index (χ1v) is 6.03. The summed E-state index contributed by atoms with van der Waals surface area (Å²) in [4.78, 5) is 14.2. The van der Waals surface area contributed by atoms with Gasteiger partial charge in [-0.1, -0.05) is 0 Å². The van der Waals surface area contributed by atoms with Crippen molar-refractivity contribution in [1.82, 2.24) is 4.98 Å². The summed E-state index contributed by atoms with van der Waals surface area (Å²) in [5, 5.41) is 16.2. The van der Waals surface area contributed by atoms with Gasteiger partial charge in [-0.2, -0.15) is 13.2 Å². The first-order chi connectivity index (χ1) is 9.31. The fourth-order valence-corrected chi connectivity index (χ4v) is 1.49. The van der Waals surface area contributed by atoms with Gasteiger partial charge < -0.3 is 10.6 Å². The Hall–Kier alpha value is -2.06. The second kappa shape index (κ2) is 6.92. The predicted molar refractivity (Wildman–Crippen MR) is 68.8 cm³/mol. The summed E-state index contributed by atoms with van der Waals surface area (Å²) in [6.07, 6.45) is -5.23. The zero-order valence-corrected chi connectivity index (χ0v) is 10.8. The van der Waals surface area contributed by atoms with Crippen molar-refractivity contribution in [2.24, 2.45) is 0 Å². The molecule has 1 aromatic rings. The number of nitrogens with zero attached hydrogens (tertiary/aromatic N) is 2. The summed E-state index contributed by atoms with van der Waals surface area (Å²) < 4.78 is 35.9. The number of halogens is 3. The van der Waals surface area contributed by atoms with Crippen LogP contribution in [0.5, 0.6) is 0 Å². The van der Waals surface area contributed by atoms with Crippen LogP contribution in [0.4, 0.5) is 30.5 Å². The van der Waals surface area contributed by atoms with Crippen molar-refractivity contribution in [3.8, 4) is 0 Å². The molecule has 0 aliphatic rings. The lowest BCUT2D eigenvalue weighted by Crippen LogP contribution is -2.12. The Kier molecular flexibility index (Phi) is 5.53. The van der Waals surface area contributed by atoms with E-state index < -0.39 is 17.5 Å². The molecule has 20 heavy (non-hydrogen) atoms. The van der Waals surface area contributed by atoms with Crippen molar-refractivity contribution >= 4 is 17.3 Å². The molecule has 0 saturated carbocycles. The maximum Gasteiger partial charge on any atom is 0.389 e. The summed E-state index contributed by atoms with van der Waals surface area (Å²) >= 11 is 0. The van der Waals surface area contributed by atoms with E-state index in [9.17, 15) is 23.3 Å². The molecule has 1 heterocycles. The maximum absolute atomic E-state index is 12.0. The summed E-state index contributed by atoms with van der Waals surface area (Å²) in [6.45, 7) is 2.37. The highest BCUT2D eigenvalue weighted by atomic mass is 19.4. The highest BCUT2D eigenvalue weighted by Crippen LogP contribution is 2.23. The van der Waals surface area contributed by atoms with Crippen molar-refractivity contribution in [1.29, 1.82) is 0 Å². The van der Waals surface area contributed by atoms with Crippen LogP contribution < -0.4 is 10.6 Å². The van der Waals surface area contributed by atoms with Crippen LogP contribution in [0.1, 0.15) is 19.8 Å². The molecule has 1 aromatic heterocycles. The molecule has 2 N–H and O–H groups in total. The van der Waals surface area contributed by atoms with E-state index in [0.717, 1.165) is 0 Å². The average Bonchev–Trinajstić information content (AvgIpc) is 2.33. The summed E-state index contributed by atoms with van der Waals surface area (Å²) in [5.41, 5.74) is -0.172. The van der Waals surface area contributed by atoms with E-state index in [1.54, 1.807) is 6.92 Å². The zero-order chi connectivity index (χ0) is 15.2. The first-order valence-electron chi connectivity index (χ1n) is 6.03. The molecular weight excluding hydrogens is 277 g/mol. The molecule has 9 heteroatoms. The van der Waals surface area contributed by atoms with Crippen LogP contribution in [0, 0.1) is 10.1 Å². The number of hydrogen-bond acceptors (Lipinski definition) is 5. The van der Waals surface area contributed by atoms with E-state index in [2.05, 4.69) is 15.6 Å². The van der Waals surface area contributed by atoms with Crippen LogP contribution in [0.25, 0.3) is 0 Å². The monoisotopic (exact) mass is 292 g/mol. The van der Waals surface area contributed by atoms with E-state index in [-0.39, 0.29) is 24.5 Å². The van der Waals surface area contributed by atoms with E-state index in [1.165, 1.54) is 12.1 Å². The van der Waals surface area contributed by atoms with Crippen molar-refractivity contribution in [3.63, 3.8) is 0 Å². The van der Waals surface area contributed by atoms with Crippen LogP contribution in [-0.2, 0) is 0 Å². The van der Waals surface area contributed by atoms with Crippen molar-refractivity contribution < 1.29 is 18.1 Å². The van der Waals surface area contributed by atoms with Gasteiger partial charge in [0.05, 0.1) is 17.1 Å². The normalized spacial score (nSPS) is 11.2. The number of hydrogen-bond donors (Lipinski definition) is 2. The van der Waals surface area contributed by atoms with Crippen molar-refractivity contribution in [2.75, 3.05) is 23.7 Å². The Morgan fingerprint density at radius 1 is 1.30 bits per heavy atom. The first kappa shape index (κ1) is 16.0. The van der Waals surface area contributed by atoms with Gasteiger partial charge in [0.15, 0.2) is 0 Å². The quantitative estimate of drug-likeness (QED) is 0.458. The molecule has 0 bridgehead atoms. The second-order valence-corrected chi connectivity index (χ2v) is 4.03. The van der Waals surface area contributed by atoms with Gasteiger partial charge in [0, 0.05) is 19.5 Å². The van der Waals surface area contributed by atoms with Gasteiger partial charge in [-0.15, -0.1) is 0 Å². The Labute approximate surface area is 113 Å². The average molecular weight is 292 g/mol. The molecule has 6 nitrogen and oxygen atoms in total. The van der Waals surface area contributed by atoms with Crippen LogP contribution in [0.2, 0.25) is 0 Å². The number of anilines is 2. The van der Waals surface area contributed by atoms with E-state index in [4.69, 9.17) is 0 Å². The fourth-order valence-electron chi connectivity index (χ4n) is 1.49. The minimum Gasteiger partial charge on any atom is -0.370 e. The Morgan fingerprint density at radius 3 is 2.40 bits per heavy atom. The van der Waals surface area contributed by atoms with Gasteiger partial charge in [0.1, 0.15) is 11.6 Å². The van der Waals surface area contributed by atoms with E-state index in [1.807, 2.05) is 0 Å².